The number of rotatable bonds is 7. The van der Waals surface area contributed by atoms with E-state index in [9.17, 15) is 22.8 Å². The second-order valence-corrected chi connectivity index (χ2v) is 8.95. The summed E-state index contributed by atoms with van der Waals surface area (Å²) < 4.78 is 45.2. The quantitative estimate of drug-likeness (QED) is 0.418. The summed E-state index contributed by atoms with van der Waals surface area (Å²) in [6.45, 7) is 1.96. The number of carbonyl (C=O) groups excluding carboxylic acids is 2. The van der Waals surface area contributed by atoms with E-state index in [0.29, 0.717) is 24.5 Å². The minimum Gasteiger partial charge on any atom is -0.380 e. The van der Waals surface area contributed by atoms with E-state index in [1.54, 1.807) is 6.92 Å². The van der Waals surface area contributed by atoms with Crippen LogP contribution in [0.5, 0.6) is 0 Å². The molecular formula is C25H22ClF3N6O3. The Balaban J connectivity index is 1.43. The fourth-order valence-electron chi connectivity index (χ4n) is 3.68. The van der Waals surface area contributed by atoms with Crippen LogP contribution >= 0.6 is 11.6 Å². The van der Waals surface area contributed by atoms with Gasteiger partial charge >= 0.3 is 6.18 Å². The molecule has 1 saturated heterocycles. The predicted molar refractivity (Wildman–Crippen MR) is 133 cm³/mol. The van der Waals surface area contributed by atoms with Gasteiger partial charge in [0.1, 0.15) is 11.2 Å². The number of pyridine rings is 1. The molecule has 0 aliphatic carbocycles. The molecule has 3 heterocycles. The Labute approximate surface area is 220 Å². The van der Waals surface area contributed by atoms with Crippen LogP contribution < -0.4 is 10.6 Å². The van der Waals surface area contributed by atoms with Crippen molar-refractivity contribution < 1.29 is 27.5 Å². The highest BCUT2D eigenvalue weighted by Gasteiger charge is 2.41. The molecule has 9 nitrogen and oxygen atoms in total. The molecule has 1 aromatic carbocycles. The average Bonchev–Trinajstić information content (AvgIpc) is 3.37. The number of anilines is 2. The van der Waals surface area contributed by atoms with Crippen molar-refractivity contribution in [1.82, 2.24) is 20.3 Å². The number of hydrogen-bond acceptors (Lipinski definition) is 7. The summed E-state index contributed by atoms with van der Waals surface area (Å²) in [5.74, 6) is -0.525. The standard InChI is InChI=1S/C25H22ClF3N6O3/c1-15-30-9-16(10-31-15)22(36)34-13-24(6-7-38-14-24)23(37)33-12-21-19(26)8-17(11-32-21)35-20-5-3-2-4-18(20)25(27,28)29/h2-5,8-11,13,35H,6-7,12,14H2,1H3,(H,33,37)/t24-/m0/s1. The molecule has 1 fully saturated rings. The Morgan fingerprint density at radius 1 is 1.18 bits per heavy atom. The molecule has 0 unspecified atom stereocenters. The van der Waals surface area contributed by atoms with E-state index in [1.807, 2.05) is 0 Å². The third-order valence-corrected chi connectivity index (χ3v) is 6.13. The summed E-state index contributed by atoms with van der Waals surface area (Å²) in [4.78, 5) is 41.5. The third kappa shape index (κ3) is 6.32. The first-order chi connectivity index (χ1) is 18.1. The molecule has 2 N–H and O–H groups in total. The Kier molecular flexibility index (Phi) is 8.02. The molecular weight excluding hydrogens is 525 g/mol. The zero-order valence-electron chi connectivity index (χ0n) is 20.1. The SMILES string of the molecule is Cc1ncc(C(=O)N=C[C@@]2(C(=O)NCc3ncc(Nc4ccccc4C(F)(F)F)cc3Cl)CCOC2)cn1. The molecule has 198 valence electrons. The van der Waals surface area contributed by atoms with E-state index in [1.165, 1.54) is 49.1 Å². The van der Waals surface area contributed by atoms with E-state index in [4.69, 9.17) is 16.3 Å². The summed E-state index contributed by atoms with van der Waals surface area (Å²) in [5.41, 5.74) is -1.42. The van der Waals surface area contributed by atoms with Crippen LogP contribution in [0.15, 0.2) is 53.9 Å². The number of aromatic nitrogens is 3. The van der Waals surface area contributed by atoms with Crippen LogP contribution in [0.2, 0.25) is 5.02 Å². The number of amides is 2. The van der Waals surface area contributed by atoms with E-state index in [2.05, 4.69) is 30.6 Å². The van der Waals surface area contributed by atoms with Crippen LogP contribution in [0.1, 0.15) is 33.9 Å². The van der Waals surface area contributed by atoms with Crippen molar-refractivity contribution in [3.63, 3.8) is 0 Å². The fraction of sp³-hybridized carbons (Fsp3) is 0.280. The Morgan fingerprint density at radius 2 is 1.92 bits per heavy atom. The lowest BCUT2D eigenvalue weighted by atomic mass is 9.87. The smallest absolute Gasteiger partial charge is 0.380 e. The lowest BCUT2D eigenvalue weighted by molar-refractivity contribution is -0.137. The third-order valence-electron chi connectivity index (χ3n) is 5.81. The van der Waals surface area contributed by atoms with Gasteiger partial charge < -0.3 is 15.4 Å². The molecule has 4 rings (SSSR count). The minimum atomic E-state index is -4.53. The molecule has 2 amide bonds. The maximum Gasteiger partial charge on any atom is 0.418 e. The van der Waals surface area contributed by atoms with Gasteiger partial charge in [-0.15, -0.1) is 0 Å². The highest BCUT2D eigenvalue weighted by molar-refractivity contribution is 6.31. The van der Waals surface area contributed by atoms with Gasteiger partial charge in [0.2, 0.25) is 5.91 Å². The average molecular weight is 547 g/mol. The van der Waals surface area contributed by atoms with Gasteiger partial charge in [0.05, 0.1) is 52.6 Å². The molecule has 0 radical (unpaired) electrons. The largest absolute Gasteiger partial charge is 0.418 e. The number of aryl methyl sites for hydroxylation is 1. The summed E-state index contributed by atoms with van der Waals surface area (Å²) >= 11 is 6.30. The van der Waals surface area contributed by atoms with Crippen molar-refractivity contribution in [2.75, 3.05) is 18.5 Å². The van der Waals surface area contributed by atoms with Crippen LogP contribution in [0.3, 0.4) is 0 Å². The number of aliphatic imine (C=N–C) groups is 1. The Hall–Kier alpha value is -3.90. The van der Waals surface area contributed by atoms with E-state index < -0.39 is 29.0 Å². The van der Waals surface area contributed by atoms with Crippen molar-refractivity contribution >= 4 is 41.0 Å². The number of para-hydroxylation sites is 1. The zero-order valence-corrected chi connectivity index (χ0v) is 20.8. The zero-order chi connectivity index (χ0) is 27.3. The van der Waals surface area contributed by atoms with Crippen molar-refractivity contribution in [3.05, 3.63) is 76.6 Å². The van der Waals surface area contributed by atoms with E-state index >= 15 is 0 Å². The topological polar surface area (TPSA) is 118 Å². The van der Waals surface area contributed by atoms with Crippen molar-refractivity contribution in [2.45, 2.75) is 26.1 Å². The molecule has 1 aliphatic heterocycles. The van der Waals surface area contributed by atoms with Gasteiger partial charge in [-0.3, -0.25) is 14.6 Å². The molecule has 0 spiro atoms. The number of nitrogens with zero attached hydrogens (tertiary/aromatic N) is 4. The predicted octanol–water partition coefficient (Wildman–Crippen LogP) is 4.53. The van der Waals surface area contributed by atoms with E-state index in [-0.39, 0.29) is 35.1 Å². The lowest BCUT2D eigenvalue weighted by Gasteiger charge is -2.21. The number of nitrogens with one attached hydrogen (secondary N) is 2. The second kappa shape index (κ2) is 11.2. The molecule has 3 aromatic rings. The van der Waals surface area contributed by atoms with Gasteiger partial charge in [-0.05, 0) is 31.5 Å². The highest BCUT2D eigenvalue weighted by Crippen LogP contribution is 2.36. The maximum absolute atomic E-state index is 13.3. The van der Waals surface area contributed by atoms with Crippen LogP contribution in [0.4, 0.5) is 24.5 Å². The van der Waals surface area contributed by atoms with Crippen molar-refractivity contribution in [1.29, 1.82) is 0 Å². The number of benzene rings is 1. The van der Waals surface area contributed by atoms with Gasteiger partial charge in [0, 0.05) is 25.2 Å². The highest BCUT2D eigenvalue weighted by atomic mass is 35.5. The molecule has 38 heavy (non-hydrogen) atoms. The Bertz CT molecular complexity index is 1360. The molecule has 13 heteroatoms. The number of hydrogen-bond donors (Lipinski definition) is 2. The van der Waals surface area contributed by atoms with Gasteiger partial charge in [0.15, 0.2) is 0 Å². The molecule has 0 bridgehead atoms. The summed E-state index contributed by atoms with van der Waals surface area (Å²) in [6.07, 6.45) is 1.08. The first-order valence-corrected chi connectivity index (χ1v) is 11.8. The van der Waals surface area contributed by atoms with Gasteiger partial charge in [0.25, 0.3) is 5.91 Å². The first kappa shape index (κ1) is 27.1. The number of ether oxygens (including phenoxy) is 1. The van der Waals surface area contributed by atoms with Crippen LogP contribution in [-0.4, -0.2) is 46.2 Å². The van der Waals surface area contributed by atoms with Crippen LogP contribution in [0.25, 0.3) is 0 Å². The molecule has 1 aliphatic rings. The fourth-order valence-corrected chi connectivity index (χ4v) is 3.91. The Morgan fingerprint density at radius 3 is 2.58 bits per heavy atom. The van der Waals surface area contributed by atoms with Gasteiger partial charge in [-0.2, -0.15) is 13.2 Å². The van der Waals surface area contributed by atoms with E-state index in [0.717, 1.165) is 6.07 Å². The van der Waals surface area contributed by atoms with Gasteiger partial charge in [-0.1, -0.05) is 23.7 Å². The number of halogens is 4. The van der Waals surface area contributed by atoms with Crippen molar-refractivity contribution in [2.24, 2.45) is 10.4 Å². The second-order valence-electron chi connectivity index (χ2n) is 8.54. The maximum atomic E-state index is 13.3. The van der Waals surface area contributed by atoms with Gasteiger partial charge in [-0.25, -0.2) is 15.0 Å². The minimum absolute atomic E-state index is 0.0304. The summed E-state index contributed by atoms with van der Waals surface area (Å²) in [7, 11) is 0. The monoisotopic (exact) mass is 546 g/mol. The molecule has 2 aromatic heterocycles. The molecule has 1 atom stereocenters. The summed E-state index contributed by atoms with van der Waals surface area (Å²) in [5, 5.41) is 5.55. The lowest BCUT2D eigenvalue weighted by Crippen LogP contribution is -2.42. The van der Waals surface area contributed by atoms with Crippen LogP contribution in [-0.2, 0) is 22.3 Å². The normalized spacial score (nSPS) is 17.5. The van der Waals surface area contributed by atoms with Crippen molar-refractivity contribution in [3.8, 4) is 0 Å². The molecule has 0 saturated carbocycles. The number of alkyl halides is 3. The summed E-state index contributed by atoms with van der Waals surface area (Å²) in [6, 6.07) is 6.46. The van der Waals surface area contributed by atoms with Crippen LogP contribution in [0, 0.1) is 12.3 Å². The first-order valence-electron chi connectivity index (χ1n) is 11.4. The number of carbonyl (C=O) groups is 2.